The summed E-state index contributed by atoms with van der Waals surface area (Å²) in [5.41, 5.74) is 1.05. The van der Waals surface area contributed by atoms with Gasteiger partial charge in [0.2, 0.25) is 0 Å². The van der Waals surface area contributed by atoms with Crippen molar-refractivity contribution in [1.29, 1.82) is 0 Å². The highest BCUT2D eigenvalue weighted by atomic mass is 79.9. The van der Waals surface area contributed by atoms with E-state index in [4.69, 9.17) is 9.47 Å². The molecule has 0 aliphatic carbocycles. The number of hydrogen-bond donors (Lipinski definition) is 1. The number of carbonyl (C=O) groups excluding carboxylic acids is 1. The Balaban J connectivity index is 1.32. The molecule has 32 heavy (non-hydrogen) atoms. The Morgan fingerprint density at radius 2 is 2.03 bits per heavy atom. The molecule has 9 nitrogen and oxygen atoms in total. The monoisotopic (exact) mass is 504 g/mol. The third-order valence-electron chi connectivity index (χ3n) is 5.14. The van der Waals surface area contributed by atoms with Crippen molar-refractivity contribution in [2.45, 2.75) is 19.5 Å². The second-order valence-electron chi connectivity index (χ2n) is 7.47. The minimum absolute atomic E-state index is 0.0280. The number of ether oxygens (including phenoxy) is 2. The van der Waals surface area contributed by atoms with Crippen LogP contribution in [0, 0.1) is 5.82 Å². The Hall–Kier alpha value is -3.05. The van der Waals surface area contributed by atoms with Gasteiger partial charge in [0.05, 0.1) is 0 Å². The lowest BCUT2D eigenvalue weighted by atomic mass is 10.1. The third-order valence-corrected chi connectivity index (χ3v) is 5.63. The molecule has 3 aromatic rings. The van der Waals surface area contributed by atoms with Crippen LogP contribution in [0.25, 0.3) is 0 Å². The first-order valence-corrected chi connectivity index (χ1v) is 10.9. The van der Waals surface area contributed by atoms with E-state index in [0.29, 0.717) is 18.0 Å². The zero-order valence-electron chi connectivity index (χ0n) is 17.4. The lowest BCUT2D eigenvalue weighted by Crippen LogP contribution is -2.54. The fourth-order valence-electron chi connectivity index (χ4n) is 3.59. The number of piperazine rings is 1. The highest BCUT2D eigenvalue weighted by Crippen LogP contribution is 2.33. The first-order chi connectivity index (χ1) is 15.5. The minimum atomic E-state index is -0.242. The van der Waals surface area contributed by atoms with Crippen LogP contribution in [0.15, 0.2) is 46.9 Å². The van der Waals surface area contributed by atoms with Crippen LogP contribution in [-0.2, 0) is 11.3 Å². The first kappa shape index (κ1) is 22.2. The topological polar surface area (TPSA) is 96.5 Å². The maximum Gasteiger partial charge on any atom is 0.361 e. The zero-order chi connectivity index (χ0) is 22.5. The van der Waals surface area contributed by atoms with E-state index in [1.807, 2.05) is 11.8 Å². The zero-order valence-corrected chi connectivity index (χ0v) is 19.0. The number of nitrogens with one attached hydrogen (secondary N) is 1. The van der Waals surface area contributed by atoms with E-state index >= 15 is 0 Å². The summed E-state index contributed by atoms with van der Waals surface area (Å²) in [6.45, 7) is 4.67. The molecule has 0 spiro atoms. The Kier molecular flexibility index (Phi) is 6.96. The molecule has 0 saturated carbocycles. The first-order valence-electron chi connectivity index (χ1n) is 10.1. The van der Waals surface area contributed by atoms with E-state index in [9.17, 15) is 9.18 Å². The molecule has 4 rings (SSSR count). The normalized spacial score (nSPS) is 16.7. The van der Waals surface area contributed by atoms with Crippen LogP contribution in [-0.4, -0.2) is 68.6 Å². The molecule has 1 atom stereocenters. The molecule has 11 heteroatoms. The quantitative estimate of drug-likeness (QED) is 0.528. The van der Waals surface area contributed by atoms with Crippen molar-refractivity contribution in [2.75, 3.05) is 26.2 Å². The van der Waals surface area contributed by atoms with Gasteiger partial charge in [-0.25, -0.2) is 4.39 Å². The van der Waals surface area contributed by atoms with Gasteiger partial charge in [-0.1, -0.05) is 38.3 Å². The van der Waals surface area contributed by atoms with Gasteiger partial charge >= 0.3 is 6.01 Å². The summed E-state index contributed by atoms with van der Waals surface area (Å²) in [5.74, 6) is 0.418. The molecule has 1 fully saturated rings. The van der Waals surface area contributed by atoms with Gasteiger partial charge in [-0.2, -0.15) is 5.21 Å². The number of rotatable bonds is 7. The molecule has 2 aromatic carbocycles. The highest BCUT2D eigenvalue weighted by Gasteiger charge is 2.28. The molecule has 168 valence electrons. The van der Waals surface area contributed by atoms with Crippen molar-refractivity contribution in [3.05, 3.63) is 58.3 Å². The maximum atomic E-state index is 13.1. The Morgan fingerprint density at radius 3 is 2.75 bits per heavy atom. The number of amides is 1. The number of aromatic amines is 1. The second-order valence-corrected chi connectivity index (χ2v) is 8.39. The van der Waals surface area contributed by atoms with E-state index in [0.717, 1.165) is 29.7 Å². The number of aromatic nitrogens is 4. The van der Waals surface area contributed by atoms with Crippen molar-refractivity contribution in [1.82, 2.24) is 30.4 Å². The smallest absolute Gasteiger partial charge is 0.361 e. The SMILES string of the molecule is CC1CN(Cc2ccc(F)cc2)CCN1C(=O)COc1ccc(Br)cc1Oc1nn[nH]n1. The summed E-state index contributed by atoms with van der Waals surface area (Å²) < 4.78 is 25.2. The van der Waals surface area contributed by atoms with E-state index in [1.54, 1.807) is 30.3 Å². The van der Waals surface area contributed by atoms with Gasteiger partial charge in [-0.3, -0.25) is 9.69 Å². The van der Waals surface area contributed by atoms with E-state index in [2.05, 4.69) is 41.5 Å². The summed E-state index contributed by atoms with van der Waals surface area (Å²) in [6, 6.07) is 11.8. The van der Waals surface area contributed by atoms with Crippen LogP contribution >= 0.6 is 15.9 Å². The van der Waals surface area contributed by atoms with Crippen molar-refractivity contribution in [3.8, 4) is 17.5 Å². The van der Waals surface area contributed by atoms with Gasteiger partial charge in [0, 0.05) is 36.7 Å². The van der Waals surface area contributed by atoms with Crippen LogP contribution < -0.4 is 9.47 Å². The number of tetrazole rings is 1. The molecule has 1 amide bonds. The van der Waals surface area contributed by atoms with Crippen molar-refractivity contribution in [3.63, 3.8) is 0 Å². The molecule has 1 unspecified atom stereocenters. The molecule has 1 saturated heterocycles. The lowest BCUT2D eigenvalue weighted by Gasteiger charge is -2.39. The summed E-state index contributed by atoms with van der Waals surface area (Å²) >= 11 is 3.39. The fourth-order valence-corrected chi connectivity index (χ4v) is 3.93. The van der Waals surface area contributed by atoms with Crippen LogP contribution in [0.3, 0.4) is 0 Å². The Bertz CT molecular complexity index is 1050. The molecular weight excluding hydrogens is 483 g/mol. The van der Waals surface area contributed by atoms with Gasteiger partial charge in [0.25, 0.3) is 5.91 Å². The molecule has 1 aromatic heterocycles. The second kappa shape index (κ2) is 10.0. The molecule has 1 N–H and O–H groups in total. The van der Waals surface area contributed by atoms with E-state index < -0.39 is 0 Å². The van der Waals surface area contributed by atoms with Gasteiger partial charge in [0.15, 0.2) is 18.1 Å². The largest absolute Gasteiger partial charge is 0.480 e. The minimum Gasteiger partial charge on any atom is -0.480 e. The average molecular weight is 505 g/mol. The number of hydrogen-bond acceptors (Lipinski definition) is 7. The van der Waals surface area contributed by atoms with Gasteiger partial charge in [0.1, 0.15) is 5.82 Å². The highest BCUT2D eigenvalue weighted by molar-refractivity contribution is 9.10. The average Bonchev–Trinajstić information content (AvgIpc) is 3.28. The molecule has 0 bridgehead atoms. The van der Waals surface area contributed by atoms with Crippen molar-refractivity contribution in [2.24, 2.45) is 0 Å². The van der Waals surface area contributed by atoms with Crippen molar-refractivity contribution >= 4 is 21.8 Å². The van der Waals surface area contributed by atoms with Gasteiger partial charge in [-0.15, -0.1) is 0 Å². The Labute approximate surface area is 192 Å². The van der Waals surface area contributed by atoms with Crippen molar-refractivity contribution < 1.29 is 18.7 Å². The molecular formula is C21H22BrFN6O3. The number of carbonyl (C=O) groups is 1. The molecule has 1 aliphatic heterocycles. The third kappa shape index (κ3) is 5.60. The number of H-pyrrole nitrogens is 1. The van der Waals surface area contributed by atoms with E-state index in [-0.39, 0.29) is 30.4 Å². The van der Waals surface area contributed by atoms with Crippen LogP contribution in [0.2, 0.25) is 0 Å². The van der Waals surface area contributed by atoms with Crippen LogP contribution in [0.4, 0.5) is 4.39 Å². The number of halogens is 2. The number of nitrogens with zero attached hydrogens (tertiary/aromatic N) is 5. The summed E-state index contributed by atoms with van der Waals surface area (Å²) in [4.78, 5) is 16.9. The lowest BCUT2D eigenvalue weighted by molar-refractivity contribution is -0.138. The van der Waals surface area contributed by atoms with E-state index in [1.165, 1.54) is 12.1 Å². The van der Waals surface area contributed by atoms with Gasteiger partial charge < -0.3 is 14.4 Å². The summed E-state index contributed by atoms with van der Waals surface area (Å²) in [5, 5.41) is 13.3. The standard InChI is InChI=1S/C21H22BrFN6O3/c1-14-11-28(12-15-2-5-17(23)6-3-15)8-9-29(14)20(30)13-31-18-7-4-16(22)10-19(18)32-21-24-26-27-25-21/h2-7,10,14H,8-9,11-13H2,1H3,(H,24,25,26,27). The fraction of sp³-hybridized carbons (Fsp3) is 0.333. The molecule has 1 aliphatic rings. The summed E-state index contributed by atoms with van der Waals surface area (Å²) in [7, 11) is 0. The molecule has 2 heterocycles. The summed E-state index contributed by atoms with van der Waals surface area (Å²) in [6.07, 6.45) is 0. The predicted octanol–water partition coefficient (Wildman–Crippen LogP) is 3.01. The number of benzene rings is 2. The predicted molar refractivity (Wildman–Crippen MR) is 117 cm³/mol. The van der Waals surface area contributed by atoms with Gasteiger partial charge in [-0.05, 0) is 48.0 Å². The van der Waals surface area contributed by atoms with Crippen LogP contribution in [0.1, 0.15) is 12.5 Å². The maximum absolute atomic E-state index is 13.1. The van der Waals surface area contributed by atoms with Crippen LogP contribution in [0.5, 0.6) is 17.5 Å². The molecule has 0 radical (unpaired) electrons. The Morgan fingerprint density at radius 1 is 1.22 bits per heavy atom.